The first-order valence-electron chi connectivity index (χ1n) is 7.70. The van der Waals surface area contributed by atoms with Crippen molar-refractivity contribution in [2.75, 3.05) is 6.54 Å². The number of hydrogen-bond acceptors (Lipinski definition) is 1. The maximum absolute atomic E-state index is 12.0. The van der Waals surface area contributed by atoms with E-state index in [0.717, 1.165) is 16.5 Å². The minimum Gasteiger partial charge on any atom is -0.352 e. The second-order valence-corrected chi connectivity index (χ2v) is 7.34. The zero-order chi connectivity index (χ0) is 16.7. The first kappa shape index (κ1) is 17.5. The van der Waals surface area contributed by atoms with Crippen molar-refractivity contribution >= 4 is 27.9 Å². The lowest BCUT2D eigenvalue weighted by atomic mass is 9.85. The maximum atomic E-state index is 12.0. The first-order valence-corrected chi connectivity index (χ1v) is 8.49. The molecule has 0 aromatic heterocycles. The van der Waals surface area contributed by atoms with Crippen molar-refractivity contribution in [3.8, 4) is 0 Å². The molecule has 23 heavy (non-hydrogen) atoms. The van der Waals surface area contributed by atoms with E-state index < -0.39 is 0 Å². The largest absolute Gasteiger partial charge is 0.352 e. The van der Waals surface area contributed by atoms with Gasteiger partial charge in [-0.25, -0.2) is 0 Å². The molecular formula is C20H22BrNO. The molecule has 0 atom stereocenters. The topological polar surface area (TPSA) is 29.1 Å². The molecule has 1 N–H and O–H groups in total. The van der Waals surface area contributed by atoms with Gasteiger partial charge in [-0.3, -0.25) is 4.79 Å². The molecular weight excluding hydrogens is 350 g/mol. The van der Waals surface area contributed by atoms with Crippen LogP contribution in [0.2, 0.25) is 0 Å². The molecule has 1 amide bonds. The third-order valence-electron chi connectivity index (χ3n) is 3.56. The van der Waals surface area contributed by atoms with E-state index in [-0.39, 0.29) is 11.3 Å². The van der Waals surface area contributed by atoms with Gasteiger partial charge in [0.15, 0.2) is 0 Å². The molecule has 0 radical (unpaired) electrons. The first-order chi connectivity index (χ1) is 10.9. The molecule has 0 fully saturated rings. The van der Waals surface area contributed by atoms with Crippen LogP contribution in [0.15, 0.2) is 65.1 Å². The van der Waals surface area contributed by atoms with Crippen LogP contribution in [0.4, 0.5) is 0 Å². The van der Waals surface area contributed by atoms with E-state index in [1.54, 1.807) is 6.08 Å². The Bertz CT molecular complexity index is 660. The lowest BCUT2D eigenvalue weighted by Crippen LogP contribution is -2.34. The number of amides is 1. The summed E-state index contributed by atoms with van der Waals surface area (Å²) in [5.74, 6) is -0.0577. The SMILES string of the molecule is CC(C)(CNC(=O)/C=C/c1ccccc1)Cc1ccc(Br)cc1. The highest BCUT2D eigenvalue weighted by Crippen LogP contribution is 2.22. The summed E-state index contributed by atoms with van der Waals surface area (Å²) in [6.07, 6.45) is 4.34. The van der Waals surface area contributed by atoms with E-state index >= 15 is 0 Å². The highest BCUT2D eigenvalue weighted by atomic mass is 79.9. The van der Waals surface area contributed by atoms with Crippen molar-refractivity contribution in [3.63, 3.8) is 0 Å². The van der Waals surface area contributed by atoms with Crippen molar-refractivity contribution in [2.24, 2.45) is 5.41 Å². The van der Waals surface area contributed by atoms with Crippen LogP contribution in [0.1, 0.15) is 25.0 Å². The number of carbonyl (C=O) groups excluding carboxylic acids is 1. The Kier molecular flexibility index (Phi) is 6.17. The summed E-state index contributed by atoms with van der Waals surface area (Å²) in [5.41, 5.74) is 2.30. The smallest absolute Gasteiger partial charge is 0.244 e. The van der Waals surface area contributed by atoms with Crippen LogP contribution in [0.25, 0.3) is 6.08 Å². The Balaban J connectivity index is 1.84. The van der Waals surface area contributed by atoms with Gasteiger partial charge in [0, 0.05) is 17.1 Å². The second kappa shape index (κ2) is 8.11. The predicted molar refractivity (Wildman–Crippen MR) is 100 cm³/mol. The number of benzene rings is 2. The molecule has 2 aromatic carbocycles. The van der Waals surface area contributed by atoms with Crippen molar-refractivity contribution in [1.29, 1.82) is 0 Å². The van der Waals surface area contributed by atoms with Gasteiger partial charge in [-0.15, -0.1) is 0 Å². The third-order valence-corrected chi connectivity index (χ3v) is 4.09. The normalized spacial score (nSPS) is 11.6. The van der Waals surface area contributed by atoms with E-state index in [1.807, 2.05) is 48.5 Å². The van der Waals surface area contributed by atoms with E-state index in [0.29, 0.717) is 6.54 Å². The zero-order valence-corrected chi connectivity index (χ0v) is 15.1. The Morgan fingerprint density at radius 3 is 2.39 bits per heavy atom. The van der Waals surface area contributed by atoms with Crippen molar-refractivity contribution in [3.05, 3.63) is 76.3 Å². The summed E-state index contributed by atoms with van der Waals surface area (Å²) in [6.45, 7) is 4.97. The Morgan fingerprint density at radius 1 is 1.09 bits per heavy atom. The number of halogens is 1. The molecule has 120 valence electrons. The lowest BCUT2D eigenvalue weighted by molar-refractivity contribution is -0.116. The van der Waals surface area contributed by atoms with Crippen LogP contribution < -0.4 is 5.32 Å². The number of carbonyl (C=O) groups is 1. The van der Waals surface area contributed by atoms with Crippen molar-refractivity contribution in [1.82, 2.24) is 5.32 Å². The molecule has 0 heterocycles. The standard InChI is InChI=1S/C20H22BrNO/c1-20(2,14-17-8-11-18(21)12-9-17)15-22-19(23)13-10-16-6-4-3-5-7-16/h3-13H,14-15H2,1-2H3,(H,22,23)/b13-10+. The minimum atomic E-state index is -0.0577. The number of hydrogen-bond donors (Lipinski definition) is 1. The summed E-state index contributed by atoms with van der Waals surface area (Å²) < 4.78 is 1.08. The number of rotatable bonds is 6. The fourth-order valence-corrected chi connectivity index (χ4v) is 2.60. The van der Waals surface area contributed by atoms with Crippen LogP contribution >= 0.6 is 15.9 Å². The summed E-state index contributed by atoms with van der Waals surface area (Å²) in [7, 11) is 0. The summed E-state index contributed by atoms with van der Waals surface area (Å²) >= 11 is 3.45. The molecule has 0 aliphatic heterocycles. The van der Waals surface area contributed by atoms with Crippen LogP contribution in [-0.4, -0.2) is 12.5 Å². The maximum Gasteiger partial charge on any atom is 0.244 e. The molecule has 3 heteroatoms. The third kappa shape index (κ3) is 6.41. The molecule has 2 nitrogen and oxygen atoms in total. The van der Waals surface area contributed by atoms with Gasteiger partial charge >= 0.3 is 0 Å². The molecule has 0 unspecified atom stereocenters. The van der Waals surface area contributed by atoms with Gasteiger partial charge in [-0.05, 0) is 41.2 Å². The molecule has 0 aliphatic carbocycles. The van der Waals surface area contributed by atoms with Crippen LogP contribution in [-0.2, 0) is 11.2 Å². The van der Waals surface area contributed by atoms with Gasteiger partial charge in [0.2, 0.25) is 5.91 Å². The Labute approximate surface area is 146 Å². The molecule has 0 bridgehead atoms. The molecule has 2 aromatic rings. The monoisotopic (exact) mass is 371 g/mol. The van der Waals surface area contributed by atoms with Crippen LogP contribution in [0, 0.1) is 5.41 Å². The molecule has 2 rings (SSSR count). The van der Waals surface area contributed by atoms with Crippen LogP contribution in [0.3, 0.4) is 0 Å². The van der Waals surface area contributed by atoms with E-state index in [4.69, 9.17) is 0 Å². The summed E-state index contributed by atoms with van der Waals surface area (Å²) in [4.78, 5) is 12.0. The minimum absolute atomic E-state index is 0.00404. The molecule has 0 saturated carbocycles. The predicted octanol–water partition coefficient (Wildman–Crippen LogP) is 4.85. The fraction of sp³-hybridized carbons (Fsp3) is 0.250. The van der Waals surface area contributed by atoms with Gasteiger partial charge in [0.1, 0.15) is 0 Å². The molecule has 0 spiro atoms. The van der Waals surface area contributed by atoms with E-state index in [9.17, 15) is 4.79 Å². The molecule has 0 saturated heterocycles. The van der Waals surface area contributed by atoms with Gasteiger partial charge in [-0.2, -0.15) is 0 Å². The highest BCUT2D eigenvalue weighted by Gasteiger charge is 2.19. The Hall–Kier alpha value is -1.87. The average molecular weight is 372 g/mol. The van der Waals surface area contributed by atoms with Crippen molar-refractivity contribution in [2.45, 2.75) is 20.3 Å². The number of nitrogens with one attached hydrogen (secondary N) is 1. The highest BCUT2D eigenvalue weighted by molar-refractivity contribution is 9.10. The summed E-state index contributed by atoms with van der Waals surface area (Å²) in [5, 5.41) is 2.99. The lowest BCUT2D eigenvalue weighted by Gasteiger charge is -2.25. The second-order valence-electron chi connectivity index (χ2n) is 6.43. The van der Waals surface area contributed by atoms with Crippen molar-refractivity contribution < 1.29 is 4.79 Å². The Morgan fingerprint density at radius 2 is 1.74 bits per heavy atom. The van der Waals surface area contributed by atoms with Gasteiger partial charge < -0.3 is 5.32 Å². The van der Waals surface area contributed by atoms with E-state index in [2.05, 4.69) is 47.2 Å². The van der Waals surface area contributed by atoms with Gasteiger partial charge in [-0.1, -0.05) is 72.2 Å². The van der Waals surface area contributed by atoms with E-state index in [1.165, 1.54) is 5.56 Å². The average Bonchev–Trinajstić information content (AvgIpc) is 2.54. The van der Waals surface area contributed by atoms with Gasteiger partial charge in [0.05, 0.1) is 0 Å². The zero-order valence-electron chi connectivity index (χ0n) is 13.6. The quantitative estimate of drug-likeness (QED) is 0.722. The summed E-state index contributed by atoms with van der Waals surface area (Å²) in [6, 6.07) is 18.1. The fourth-order valence-electron chi connectivity index (χ4n) is 2.34. The molecule has 0 aliphatic rings. The van der Waals surface area contributed by atoms with Gasteiger partial charge in [0.25, 0.3) is 0 Å². The van der Waals surface area contributed by atoms with Crippen LogP contribution in [0.5, 0.6) is 0 Å².